The zero-order valence-corrected chi connectivity index (χ0v) is 11.3. The quantitative estimate of drug-likeness (QED) is 0.922. The molecule has 2 aromatic heterocycles. The standard InChI is InChI=1S/C9H8Cl3N3S/c1-15-8(5(10)3-14-15)7(13)4-2-6(11)16-9(4)12/h2-3,7H,13H2,1H3. The van der Waals surface area contributed by atoms with Gasteiger partial charge in [-0.3, -0.25) is 4.68 Å². The van der Waals surface area contributed by atoms with E-state index in [9.17, 15) is 0 Å². The van der Waals surface area contributed by atoms with Gasteiger partial charge in [-0.1, -0.05) is 34.8 Å². The van der Waals surface area contributed by atoms with Crippen molar-refractivity contribution in [2.24, 2.45) is 12.8 Å². The topological polar surface area (TPSA) is 43.8 Å². The number of aryl methyl sites for hydroxylation is 1. The molecule has 86 valence electrons. The van der Waals surface area contributed by atoms with Gasteiger partial charge in [-0.15, -0.1) is 11.3 Å². The van der Waals surface area contributed by atoms with E-state index in [1.807, 2.05) is 0 Å². The minimum Gasteiger partial charge on any atom is -0.319 e. The third-order valence-corrected chi connectivity index (χ3v) is 4.06. The van der Waals surface area contributed by atoms with Crippen LogP contribution in [0.1, 0.15) is 17.3 Å². The first kappa shape index (κ1) is 12.2. The minimum atomic E-state index is -0.420. The lowest BCUT2D eigenvalue weighted by Crippen LogP contribution is -2.16. The maximum atomic E-state index is 6.09. The second kappa shape index (κ2) is 4.55. The van der Waals surface area contributed by atoms with Crippen LogP contribution >= 0.6 is 46.1 Å². The predicted octanol–water partition coefficient (Wildman–Crippen LogP) is 3.49. The van der Waals surface area contributed by atoms with Gasteiger partial charge in [0.1, 0.15) is 0 Å². The summed E-state index contributed by atoms with van der Waals surface area (Å²) in [5, 5.41) is 4.55. The summed E-state index contributed by atoms with van der Waals surface area (Å²) < 4.78 is 2.82. The highest BCUT2D eigenvalue weighted by molar-refractivity contribution is 7.20. The van der Waals surface area contributed by atoms with Crippen LogP contribution in [0.3, 0.4) is 0 Å². The Morgan fingerprint density at radius 2 is 2.12 bits per heavy atom. The van der Waals surface area contributed by atoms with Crippen molar-refractivity contribution in [2.75, 3.05) is 0 Å². The van der Waals surface area contributed by atoms with Crippen LogP contribution in [0.25, 0.3) is 0 Å². The summed E-state index contributed by atoms with van der Waals surface area (Å²) >= 11 is 19.2. The van der Waals surface area contributed by atoms with E-state index in [4.69, 9.17) is 40.5 Å². The Morgan fingerprint density at radius 1 is 1.44 bits per heavy atom. The van der Waals surface area contributed by atoms with Crippen molar-refractivity contribution in [2.45, 2.75) is 6.04 Å². The Hall–Kier alpha value is -0.260. The van der Waals surface area contributed by atoms with Crippen LogP contribution in [0.2, 0.25) is 13.7 Å². The number of nitrogens with zero attached hydrogens (tertiary/aromatic N) is 2. The van der Waals surface area contributed by atoms with E-state index in [2.05, 4.69) is 5.10 Å². The van der Waals surface area contributed by atoms with Crippen LogP contribution < -0.4 is 5.73 Å². The fourth-order valence-corrected chi connectivity index (χ4v) is 3.32. The molecule has 0 spiro atoms. The largest absolute Gasteiger partial charge is 0.319 e. The fraction of sp³-hybridized carbons (Fsp3) is 0.222. The number of rotatable bonds is 2. The first-order valence-corrected chi connectivity index (χ1v) is 6.33. The molecule has 1 unspecified atom stereocenters. The van der Waals surface area contributed by atoms with Gasteiger partial charge in [0.05, 0.1) is 31.6 Å². The highest BCUT2D eigenvalue weighted by Gasteiger charge is 2.21. The van der Waals surface area contributed by atoms with E-state index in [-0.39, 0.29) is 0 Å². The molecule has 7 heteroatoms. The molecular weight excluding hydrogens is 289 g/mol. The van der Waals surface area contributed by atoms with E-state index in [1.165, 1.54) is 11.3 Å². The van der Waals surface area contributed by atoms with E-state index in [0.717, 1.165) is 11.3 Å². The van der Waals surface area contributed by atoms with Gasteiger partial charge in [-0.2, -0.15) is 5.10 Å². The molecule has 16 heavy (non-hydrogen) atoms. The Kier molecular flexibility index (Phi) is 3.47. The Bertz CT molecular complexity index is 501. The molecule has 2 aromatic rings. The molecule has 0 aliphatic carbocycles. The molecule has 2 rings (SSSR count). The summed E-state index contributed by atoms with van der Waals surface area (Å²) in [7, 11) is 1.78. The summed E-state index contributed by atoms with van der Waals surface area (Å²) in [5.41, 5.74) is 7.58. The van der Waals surface area contributed by atoms with Gasteiger partial charge >= 0.3 is 0 Å². The first-order chi connectivity index (χ1) is 7.50. The second-order valence-corrected chi connectivity index (χ2v) is 5.95. The second-order valence-electron chi connectivity index (χ2n) is 3.26. The smallest absolute Gasteiger partial charge is 0.0995 e. The summed E-state index contributed by atoms with van der Waals surface area (Å²) in [6.45, 7) is 0. The molecule has 2 heterocycles. The fourth-order valence-electron chi connectivity index (χ4n) is 1.48. The molecule has 0 aliphatic rings. The normalized spacial score (nSPS) is 13.1. The predicted molar refractivity (Wildman–Crippen MR) is 68.6 cm³/mol. The van der Waals surface area contributed by atoms with Crippen molar-refractivity contribution in [3.05, 3.63) is 37.2 Å². The van der Waals surface area contributed by atoms with Crippen LogP contribution in [0.15, 0.2) is 12.3 Å². The van der Waals surface area contributed by atoms with Crippen LogP contribution in [0.5, 0.6) is 0 Å². The monoisotopic (exact) mass is 295 g/mol. The van der Waals surface area contributed by atoms with Gasteiger partial charge in [-0.25, -0.2) is 0 Å². The number of halogens is 3. The molecule has 0 aliphatic heterocycles. The number of hydrogen-bond donors (Lipinski definition) is 1. The SMILES string of the molecule is Cn1ncc(Cl)c1C(N)c1cc(Cl)sc1Cl. The van der Waals surface area contributed by atoms with Crippen LogP contribution in [0.4, 0.5) is 0 Å². The molecule has 0 fully saturated rings. The van der Waals surface area contributed by atoms with Gasteiger partial charge in [0.25, 0.3) is 0 Å². The number of aromatic nitrogens is 2. The van der Waals surface area contributed by atoms with Crippen molar-refractivity contribution >= 4 is 46.1 Å². The highest BCUT2D eigenvalue weighted by atomic mass is 35.5. The maximum Gasteiger partial charge on any atom is 0.0995 e. The van der Waals surface area contributed by atoms with Gasteiger partial charge < -0.3 is 5.73 Å². The van der Waals surface area contributed by atoms with E-state index in [0.29, 0.717) is 13.7 Å². The van der Waals surface area contributed by atoms with E-state index >= 15 is 0 Å². The maximum absolute atomic E-state index is 6.09. The van der Waals surface area contributed by atoms with Gasteiger partial charge in [0.2, 0.25) is 0 Å². The lowest BCUT2D eigenvalue weighted by atomic mass is 10.1. The Balaban J connectivity index is 2.46. The molecule has 1 atom stereocenters. The van der Waals surface area contributed by atoms with Gasteiger partial charge in [-0.05, 0) is 6.07 Å². The third kappa shape index (κ3) is 2.08. The molecule has 0 radical (unpaired) electrons. The van der Waals surface area contributed by atoms with Crippen molar-refractivity contribution in [3.63, 3.8) is 0 Å². The summed E-state index contributed by atoms with van der Waals surface area (Å²) in [4.78, 5) is 0. The molecule has 0 bridgehead atoms. The number of thiophene rings is 1. The van der Waals surface area contributed by atoms with Gasteiger partial charge in [0, 0.05) is 12.6 Å². The molecule has 0 saturated carbocycles. The summed E-state index contributed by atoms with van der Waals surface area (Å²) in [5.74, 6) is 0. The van der Waals surface area contributed by atoms with Crippen LogP contribution in [-0.4, -0.2) is 9.78 Å². The zero-order chi connectivity index (χ0) is 11.9. The number of hydrogen-bond acceptors (Lipinski definition) is 3. The molecule has 0 amide bonds. The average molecular weight is 297 g/mol. The van der Waals surface area contributed by atoms with Crippen molar-refractivity contribution in [1.82, 2.24) is 9.78 Å². The molecular formula is C9H8Cl3N3S. The first-order valence-electron chi connectivity index (χ1n) is 4.38. The zero-order valence-electron chi connectivity index (χ0n) is 8.25. The minimum absolute atomic E-state index is 0.420. The molecule has 2 N–H and O–H groups in total. The molecule has 3 nitrogen and oxygen atoms in total. The van der Waals surface area contributed by atoms with E-state index < -0.39 is 6.04 Å². The lowest BCUT2D eigenvalue weighted by molar-refractivity contribution is 0.674. The Labute approximate surface area is 112 Å². The van der Waals surface area contributed by atoms with Crippen LogP contribution in [-0.2, 0) is 7.05 Å². The number of nitrogens with two attached hydrogens (primary N) is 1. The molecule has 0 saturated heterocycles. The summed E-state index contributed by atoms with van der Waals surface area (Å²) in [6.07, 6.45) is 1.55. The van der Waals surface area contributed by atoms with Crippen molar-refractivity contribution < 1.29 is 0 Å². The van der Waals surface area contributed by atoms with Crippen molar-refractivity contribution in [1.29, 1.82) is 0 Å². The van der Waals surface area contributed by atoms with Crippen LogP contribution in [0, 0.1) is 0 Å². The van der Waals surface area contributed by atoms with Gasteiger partial charge in [0.15, 0.2) is 0 Å². The third-order valence-electron chi connectivity index (χ3n) is 2.25. The average Bonchev–Trinajstić information content (AvgIpc) is 2.70. The van der Waals surface area contributed by atoms with E-state index in [1.54, 1.807) is 24.0 Å². The lowest BCUT2D eigenvalue weighted by Gasteiger charge is -2.11. The summed E-state index contributed by atoms with van der Waals surface area (Å²) in [6, 6.07) is 1.33. The molecule has 0 aromatic carbocycles. The highest BCUT2D eigenvalue weighted by Crippen LogP contribution is 2.37. The Morgan fingerprint density at radius 3 is 2.56 bits per heavy atom. The van der Waals surface area contributed by atoms with Crippen molar-refractivity contribution in [3.8, 4) is 0 Å².